The molecule has 7 heteroatoms. The fraction of sp³-hybridized carbons (Fsp3) is 0.389. The van der Waals surface area contributed by atoms with Crippen LogP contribution in [-0.2, 0) is 11.3 Å². The second-order valence-corrected chi connectivity index (χ2v) is 6.55. The summed E-state index contributed by atoms with van der Waals surface area (Å²) in [6.07, 6.45) is 6.65. The Hall–Kier alpha value is -2.34. The van der Waals surface area contributed by atoms with E-state index in [9.17, 15) is 9.59 Å². The lowest BCUT2D eigenvalue weighted by Crippen LogP contribution is -2.28. The van der Waals surface area contributed by atoms with Gasteiger partial charge in [0.15, 0.2) is 0 Å². The number of hydrogen-bond acceptors (Lipinski definition) is 3. The monoisotopic (exact) mass is 360 g/mol. The van der Waals surface area contributed by atoms with Crippen LogP contribution in [0.5, 0.6) is 0 Å². The minimum Gasteiger partial charge on any atom is -0.339 e. The standard InChI is InChI=1S/C18H21ClN4O2/c19-14-6-7-16(15(13-14)18(25)22-9-1-2-10-22)21-17(24)5-3-11-23-12-4-8-20-23/h4,6-8,12-13H,1-3,5,9-11H2,(H,21,24). The Balaban J connectivity index is 1.62. The van der Waals surface area contributed by atoms with Crippen molar-refractivity contribution in [3.63, 3.8) is 0 Å². The molecule has 0 atom stereocenters. The van der Waals surface area contributed by atoms with E-state index >= 15 is 0 Å². The molecule has 1 fully saturated rings. The number of halogens is 1. The van der Waals surface area contributed by atoms with Gasteiger partial charge in [0, 0.05) is 43.5 Å². The molecular formula is C18H21ClN4O2. The van der Waals surface area contributed by atoms with Gasteiger partial charge < -0.3 is 10.2 Å². The molecule has 3 rings (SSSR count). The first-order valence-electron chi connectivity index (χ1n) is 8.49. The van der Waals surface area contributed by atoms with E-state index in [4.69, 9.17) is 11.6 Å². The number of aryl methyl sites for hydroxylation is 1. The van der Waals surface area contributed by atoms with E-state index in [1.54, 1.807) is 34.0 Å². The van der Waals surface area contributed by atoms with E-state index in [-0.39, 0.29) is 11.8 Å². The number of aromatic nitrogens is 2. The highest BCUT2D eigenvalue weighted by Gasteiger charge is 2.22. The molecule has 132 valence electrons. The Morgan fingerprint density at radius 3 is 2.76 bits per heavy atom. The van der Waals surface area contributed by atoms with Gasteiger partial charge in [0.1, 0.15) is 0 Å². The van der Waals surface area contributed by atoms with Gasteiger partial charge in [-0.25, -0.2) is 0 Å². The molecule has 2 aromatic rings. The Morgan fingerprint density at radius 1 is 1.24 bits per heavy atom. The minimum atomic E-state index is -0.120. The third-order valence-corrected chi connectivity index (χ3v) is 4.46. The van der Waals surface area contributed by atoms with Crippen LogP contribution in [0.3, 0.4) is 0 Å². The Morgan fingerprint density at radius 2 is 2.04 bits per heavy atom. The lowest BCUT2D eigenvalue weighted by atomic mass is 10.1. The van der Waals surface area contributed by atoms with E-state index in [0.717, 1.165) is 25.9 Å². The van der Waals surface area contributed by atoms with Crippen molar-refractivity contribution < 1.29 is 9.59 Å². The number of rotatable bonds is 6. The summed E-state index contributed by atoms with van der Waals surface area (Å²) in [7, 11) is 0. The smallest absolute Gasteiger partial charge is 0.256 e. The van der Waals surface area contributed by atoms with Gasteiger partial charge in [0.2, 0.25) is 5.91 Å². The molecule has 0 bridgehead atoms. The lowest BCUT2D eigenvalue weighted by Gasteiger charge is -2.18. The third-order valence-electron chi connectivity index (χ3n) is 4.23. The first-order valence-corrected chi connectivity index (χ1v) is 8.87. The average molecular weight is 361 g/mol. The lowest BCUT2D eigenvalue weighted by molar-refractivity contribution is -0.116. The Labute approximate surface area is 151 Å². The van der Waals surface area contributed by atoms with Crippen molar-refractivity contribution in [1.82, 2.24) is 14.7 Å². The van der Waals surface area contributed by atoms with Crippen LogP contribution in [0.1, 0.15) is 36.0 Å². The molecule has 25 heavy (non-hydrogen) atoms. The summed E-state index contributed by atoms with van der Waals surface area (Å²) in [4.78, 5) is 26.7. The number of amides is 2. The second-order valence-electron chi connectivity index (χ2n) is 6.11. The number of benzene rings is 1. The molecule has 1 aromatic carbocycles. The predicted octanol–water partition coefficient (Wildman–Crippen LogP) is 3.19. The van der Waals surface area contributed by atoms with Crippen LogP contribution in [0.2, 0.25) is 5.02 Å². The Bertz CT molecular complexity index is 740. The largest absolute Gasteiger partial charge is 0.339 e. The summed E-state index contributed by atoms with van der Waals surface area (Å²) in [5, 5.41) is 7.44. The molecule has 0 saturated carbocycles. The summed E-state index contributed by atoms with van der Waals surface area (Å²) < 4.78 is 1.79. The molecule has 0 radical (unpaired) electrons. The predicted molar refractivity (Wildman–Crippen MR) is 96.7 cm³/mol. The first kappa shape index (κ1) is 17.5. The molecule has 0 aliphatic carbocycles. The summed E-state index contributed by atoms with van der Waals surface area (Å²) in [6.45, 7) is 2.19. The number of anilines is 1. The number of nitrogens with one attached hydrogen (secondary N) is 1. The molecule has 0 unspecified atom stereocenters. The van der Waals surface area contributed by atoms with Crippen LogP contribution in [0.4, 0.5) is 5.69 Å². The van der Waals surface area contributed by atoms with Gasteiger partial charge in [0.25, 0.3) is 5.91 Å². The van der Waals surface area contributed by atoms with Gasteiger partial charge >= 0.3 is 0 Å². The summed E-state index contributed by atoms with van der Waals surface area (Å²) in [5.74, 6) is -0.197. The van der Waals surface area contributed by atoms with Gasteiger partial charge in [-0.05, 0) is 43.5 Å². The second kappa shape index (κ2) is 8.16. The molecule has 2 heterocycles. The molecular weight excluding hydrogens is 340 g/mol. The topological polar surface area (TPSA) is 67.2 Å². The van der Waals surface area contributed by atoms with Crippen molar-refractivity contribution in [2.75, 3.05) is 18.4 Å². The van der Waals surface area contributed by atoms with Gasteiger partial charge in [-0.1, -0.05) is 11.6 Å². The molecule has 1 aliphatic rings. The van der Waals surface area contributed by atoms with Crippen molar-refractivity contribution in [2.24, 2.45) is 0 Å². The molecule has 1 aromatic heterocycles. The molecule has 1 aliphatic heterocycles. The number of carbonyl (C=O) groups is 2. The van der Waals surface area contributed by atoms with Gasteiger partial charge in [0.05, 0.1) is 11.3 Å². The number of likely N-dealkylation sites (tertiary alicyclic amines) is 1. The van der Waals surface area contributed by atoms with Crippen LogP contribution in [0, 0.1) is 0 Å². The molecule has 2 amide bonds. The number of nitrogens with zero attached hydrogens (tertiary/aromatic N) is 3. The first-order chi connectivity index (χ1) is 12.1. The van der Waals surface area contributed by atoms with Crippen molar-refractivity contribution in [1.29, 1.82) is 0 Å². The van der Waals surface area contributed by atoms with Crippen LogP contribution in [0.25, 0.3) is 0 Å². The van der Waals surface area contributed by atoms with Crippen LogP contribution >= 0.6 is 11.6 Å². The maximum Gasteiger partial charge on any atom is 0.256 e. The minimum absolute atomic E-state index is 0.0770. The summed E-state index contributed by atoms with van der Waals surface area (Å²) in [6, 6.07) is 6.85. The van der Waals surface area contributed by atoms with Gasteiger partial charge in [-0.15, -0.1) is 0 Å². The van der Waals surface area contributed by atoms with Crippen LogP contribution in [0.15, 0.2) is 36.7 Å². The van der Waals surface area contributed by atoms with E-state index in [2.05, 4.69) is 10.4 Å². The maximum absolute atomic E-state index is 12.7. The highest BCUT2D eigenvalue weighted by molar-refractivity contribution is 6.31. The highest BCUT2D eigenvalue weighted by Crippen LogP contribution is 2.24. The normalized spacial score (nSPS) is 13.9. The van der Waals surface area contributed by atoms with Crippen molar-refractivity contribution in [3.8, 4) is 0 Å². The number of carbonyl (C=O) groups excluding carboxylic acids is 2. The van der Waals surface area contributed by atoms with Crippen LogP contribution < -0.4 is 5.32 Å². The van der Waals surface area contributed by atoms with Crippen molar-refractivity contribution in [3.05, 3.63) is 47.2 Å². The van der Waals surface area contributed by atoms with E-state index < -0.39 is 0 Å². The van der Waals surface area contributed by atoms with Crippen molar-refractivity contribution >= 4 is 29.1 Å². The van der Waals surface area contributed by atoms with Gasteiger partial charge in [-0.3, -0.25) is 14.3 Å². The molecule has 1 saturated heterocycles. The third kappa shape index (κ3) is 4.60. The highest BCUT2D eigenvalue weighted by atomic mass is 35.5. The van der Waals surface area contributed by atoms with E-state index in [1.807, 2.05) is 12.3 Å². The van der Waals surface area contributed by atoms with E-state index in [0.29, 0.717) is 35.7 Å². The quantitative estimate of drug-likeness (QED) is 0.860. The van der Waals surface area contributed by atoms with Crippen LogP contribution in [-0.4, -0.2) is 39.6 Å². The number of hydrogen-bond donors (Lipinski definition) is 1. The molecule has 0 spiro atoms. The average Bonchev–Trinajstić information content (AvgIpc) is 3.29. The molecule has 6 nitrogen and oxygen atoms in total. The van der Waals surface area contributed by atoms with Gasteiger partial charge in [-0.2, -0.15) is 5.10 Å². The summed E-state index contributed by atoms with van der Waals surface area (Å²) >= 11 is 6.05. The zero-order chi connectivity index (χ0) is 17.6. The Kier molecular flexibility index (Phi) is 5.71. The zero-order valence-corrected chi connectivity index (χ0v) is 14.7. The van der Waals surface area contributed by atoms with Crippen molar-refractivity contribution in [2.45, 2.75) is 32.2 Å². The SMILES string of the molecule is O=C(CCCn1cccn1)Nc1ccc(Cl)cc1C(=O)N1CCCC1. The fourth-order valence-corrected chi connectivity index (χ4v) is 3.11. The van der Waals surface area contributed by atoms with E-state index in [1.165, 1.54) is 0 Å². The maximum atomic E-state index is 12.7. The summed E-state index contributed by atoms with van der Waals surface area (Å²) in [5.41, 5.74) is 0.972. The zero-order valence-electron chi connectivity index (χ0n) is 13.9. The fourth-order valence-electron chi connectivity index (χ4n) is 2.94. The molecule has 1 N–H and O–H groups in total.